The van der Waals surface area contributed by atoms with Crippen LogP contribution >= 0.6 is 11.6 Å². The Labute approximate surface area is 80.5 Å². The third kappa shape index (κ3) is 1.47. The SMILES string of the molecule is O=C(O)N1Cc2ccc(Cl)cc2C1. The Balaban J connectivity index is 2.30. The van der Waals surface area contributed by atoms with Crippen molar-refractivity contribution in [2.24, 2.45) is 0 Å². The van der Waals surface area contributed by atoms with Gasteiger partial charge in [0.05, 0.1) is 0 Å². The van der Waals surface area contributed by atoms with Crippen molar-refractivity contribution in [3.05, 3.63) is 34.3 Å². The van der Waals surface area contributed by atoms with E-state index in [1.54, 1.807) is 6.07 Å². The average Bonchev–Trinajstić information content (AvgIpc) is 2.46. The molecule has 68 valence electrons. The van der Waals surface area contributed by atoms with Crippen LogP contribution in [0, 0.1) is 0 Å². The smallest absolute Gasteiger partial charge is 0.407 e. The molecule has 0 saturated heterocycles. The normalized spacial score (nSPS) is 14.4. The number of rotatable bonds is 0. The molecular weight excluding hydrogens is 190 g/mol. The first-order valence-electron chi connectivity index (χ1n) is 3.92. The Bertz CT molecular complexity index is 365. The van der Waals surface area contributed by atoms with E-state index in [0.717, 1.165) is 11.1 Å². The van der Waals surface area contributed by atoms with Crippen LogP contribution in [-0.2, 0) is 13.1 Å². The second-order valence-electron chi connectivity index (χ2n) is 3.05. The minimum atomic E-state index is -0.882. The van der Waals surface area contributed by atoms with Gasteiger partial charge in [0.15, 0.2) is 0 Å². The molecule has 1 aliphatic heterocycles. The number of carboxylic acid groups (broad SMARTS) is 1. The fourth-order valence-electron chi connectivity index (χ4n) is 1.50. The fourth-order valence-corrected chi connectivity index (χ4v) is 1.69. The van der Waals surface area contributed by atoms with Crippen molar-refractivity contribution in [2.45, 2.75) is 13.1 Å². The molecule has 0 saturated carbocycles. The van der Waals surface area contributed by atoms with Gasteiger partial charge in [-0.05, 0) is 23.3 Å². The lowest BCUT2D eigenvalue weighted by atomic mass is 10.1. The molecule has 13 heavy (non-hydrogen) atoms. The zero-order valence-electron chi connectivity index (χ0n) is 6.83. The van der Waals surface area contributed by atoms with Gasteiger partial charge < -0.3 is 5.11 Å². The van der Waals surface area contributed by atoms with Gasteiger partial charge in [0.1, 0.15) is 0 Å². The summed E-state index contributed by atoms with van der Waals surface area (Å²) in [4.78, 5) is 12.0. The maximum absolute atomic E-state index is 10.6. The highest BCUT2D eigenvalue weighted by Gasteiger charge is 2.22. The highest BCUT2D eigenvalue weighted by molar-refractivity contribution is 6.30. The minimum Gasteiger partial charge on any atom is -0.465 e. The third-order valence-corrected chi connectivity index (χ3v) is 2.40. The molecule has 1 aromatic rings. The predicted octanol–water partition coefficient (Wildman–Crippen LogP) is 2.33. The second-order valence-corrected chi connectivity index (χ2v) is 3.49. The van der Waals surface area contributed by atoms with E-state index in [9.17, 15) is 4.79 Å². The molecule has 0 spiro atoms. The van der Waals surface area contributed by atoms with E-state index in [-0.39, 0.29) is 0 Å². The highest BCUT2D eigenvalue weighted by atomic mass is 35.5. The molecule has 0 unspecified atom stereocenters. The molecule has 0 aromatic heterocycles. The molecule has 4 heteroatoms. The summed E-state index contributed by atoms with van der Waals surface area (Å²) in [5.41, 5.74) is 2.06. The Morgan fingerprint density at radius 3 is 2.77 bits per heavy atom. The van der Waals surface area contributed by atoms with Gasteiger partial charge in [-0.25, -0.2) is 4.79 Å². The van der Waals surface area contributed by atoms with Crippen LogP contribution in [0.4, 0.5) is 4.79 Å². The molecule has 0 bridgehead atoms. The Hall–Kier alpha value is -1.22. The Morgan fingerprint density at radius 2 is 2.08 bits per heavy atom. The van der Waals surface area contributed by atoms with E-state index in [4.69, 9.17) is 16.7 Å². The number of amides is 1. The summed E-state index contributed by atoms with van der Waals surface area (Å²) in [6.07, 6.45) is -0.882. The molecule has 1 heterocycles. The van der Waals surface area contributed by atoms with E-state index in [2.05, 4.69) is 0 Å². The second kappa shape index (κ2) is 2.92. The summed E-state index contributed by atoms with van der Waals surface area (Å²) in [7, 11) is 0. The van der Waals surface area contributed by atoms with Crippen molar-refractivity contribution in [1.29, 1.82) is 0 Å². The summed E-state index contributed by atoms with van der Waals surface area (Å²) < 4.78 is 0. The fraction of sp³-hybridized carbons (Fsp3) is 0.222. The van der Waals surface area contributed by atoms with Gasteiger partial charge >= 0.3 is 6.09 Å². The maximum Gasteiger partial charge on any atom is 0.407 e. The van der Waals surface area contributed by atoms with Gasteiger partial charge in [-0.1, -0.05) is 17.7 Å². The van der Waals surface area contributed by atoms with Crippen LogP contribution in [0.3, 0.4) is 0 Å². The molecular formula is C9H8ClNO2. The molecule has 0 atom stereocenters. The van der Waals surface area contributed by atoms with Crippen LogP contribution in [0.25, 0.3) is 0 Å². The van der Waals surface area contributed by atoms with Crippen LogP contribution < -0.4 is 0 Å². The van der Waals surface area contributed by atoms with Crippen molar-refractivity contribution in [3.8, 4) is 0 Å². The van der Waals surface area contributed by atoms with Crippen molar-refractivity contribution in [2.75, 3.05) is 0 Å². The van der Waals surface area contributed by atoms with Crippen LogP contribution in [0.1, 0.15) is 11.1 Å². The molecule has 1 amide bonds. The number of nitrogens with zero attached hydrogens (tertiary/aromatic N) is 1. The summed E-state index contributed by atoms with van der Waals surface area (Å²) in [5.74, 6) is 0. The van der Waals surface area contributed by atoms with Crippen LogP contribution in [0.2, 0.25) is 5.02 Å². The van der Waals surface area contributed by atoms with Crippen molar-refractivity contribution >= 4 is 17.7 Å². The van der Waals surface area contributed by atoms with E-state index in [1.807, 2.05) is 12.1 Å². The quantitative estimate of drug-likeness (QED) is 0.694. The van der Waals surface area contributed by atoms with E-state index in [0.29, 0.717) is 18.1 Å². The maximum atomic E-state index is 10.6. The first kappa shape index (κ1) is 8.38. The third-order valence-electron chi connectivity index (χ3n) is 2.16. The van der Waals surface area contributed by atoms with Crippen molar-refractivity contribution < 1.29 is 9.90 Å². The van der Waals surface area contributed by atoms with E-state index in [1.165, 1.54) is 4.90 Å². The van der Waals surface area contributed by atoms with Crippen molar-refractivity contribution in [3.63, 3.8) is 0 Å². The summed E-state index contributed by atoms with van der Waals surface area (Å²) in [6, 6.07) is 5.48. The van der Waals surface area contributed by atoms with E-state index < -0.39 is 6.09 Å². The van der Waals surface area contributed by atoms with Gasteiger partial charge in [0.2, 0.25) is 0 Å². The summed E-state index contributed by atoms with van der Waals surface area (Å²) >= 11 is 5.78. The topological polar surface area (TPSA) is 40.5 Å². The highest BCUT2D eigenvalue weighted by Crippen LogP contribution is 2.25. The number of hydrogen-bond acceptors (Lipinski definition) is 1. The molecule has 1 aromatic carbocycles. The zero-order chi connectivity index (χ0) is 9.42. The average molecular weight is 198 g/mol. The van der Waals surface area contributed by atoms with Gasteiger partial charge in [-0.2, -0.15) is 0 Å². The molecule has 1 aliphatic rings. The largest absolute Gasteiger partial charge is 0.465 e. The summed E-state index contributed by atoms with van der Waals surface area (Å²) in [5, 5.41) is 9.41. The lowest BCUT2D eigenvalue weighted by molar-refractivity contribution is 0.145. The lowest BCUT2D eigenvalue weighted by Crippen LogP contribution is -2.22. The monoisotopic (exact) mass is 197 g/mol. The molecule has 0 fully saturated rings. The number of benzene rings is 1. The molecule has 3 nitrogen and oxygen atoms in total. The number of fused-ring (bicyclic) bond motifs is 1. The van der Waals surface area contributed by atoms with Crippen LogP contribution in [0.5, 0.6) is 0 Å². The number of halogens is 1. The molecule has 1 N–H and O–H groups in total. The standard InChI is InChI=1S/C9H8ClNO2/c10-8-2-1-6-4-11(9(12)13)5-7(6)3-8/h1-3H,4-5H2,(H,12,13). The minimum absolute atomic E-state index is 0.450. The van der Waals surface area contributed by atoms with Crippen molar-refractivity contribution in [1.82, 2.24) is 4.90 Å². The van der Waals surface area contributed by atoms with Gasteiger partial charge in [0.25, 0.3) is 0 Å². The zero-order valence-corrected chi connectivity index (χ0v) is 7.58. The Morgan fingerprint density at radius 1 is 1.38 bits per heavy atom. The van der Waals surface area contributed by atoms with Gasteiger partial charge in [-0.3, -0.25) is 4.90 Å². The van der Waals surface area contributed by atoms with E-state index >= 15 is 0 Å². The molecule has 0 aliphatic carbocycles. The number of hydrogen-bond donors (Lipinski definition) is 1. The van der Waals surface area contributed by atoms with Gasteiger partial charge in [-0.15, -0.1) is 0 Å². The summed E-state index contributed by atoms with van der Waals surface area (Å²) in [6.45, 7) is 0.924. The van der Waals surface area contributed by atoms with Crippen LogP contribution in [-0.4, -0.2) is 16.1 Å². The predicted molar refractivity (Wildman–Crippen MR) is 48.7 cm³/mol. The van der Waals surface area contributed by atoms with Gasteiger partial charge in [0, 0.05) is 18.1 Å². The molecule has 2 rings (SSSR count). The molecule has 0 radical (unpaired) electrons. The first-order chi connectivity index (χ1) is 6.16. The lowest BCUT2D eigenvalue weighted by Gasteiger charge is -2.08. The number of carbonyl (C=O) groups is 1. The van der Waals surface area contributed by atoms with Crippen LogP contribution in [0.15, 0.2) is 18.2 Å². The first-order valence-corrected chi connectivity index (χ1v) is 4.30. The Kier molecular flexibility index (Phi) is 1.88.